The van der Waals surface area contributed by atoms with Gasteiger partial charge in [0.25, 0.3) is 5.91 Å². The summed E-state index contributed by atoms with van der Waals surface area (Å²) >= 11 is 0. The van der Waals surface area contributed by atoms with Gasteiger partial charge in [0.2, 0.25) is 0 Å². The maximum atomic E-state index is 14.5. The lowest BCUT2D eigenvalue weighted by Crippen LogP contribution is -2.32. The Labute approximate surface area is 192 Å². The highest BCUT2D eigenvalue weighted by atomic mass is 19.1. The van der Waals surface area contributed by atoms with Crippen molar-refractivity contribution >= 4 is 22.8 Å². The van der Waals surface area contributed by atoms with Gasteiger partial charge in [-0.1, -0.05) is 0 Å². The van der Waals surface area contributed by atoms with E-state index in [0.29, 0.717) is 12.8 Å². The van der Waals surface area contributed by atoms with Gasteiger partial charge in [-0.25, -0.2) is 23.1 Å². The van der Waals surface area contributed by atoms with Crippen molar-refractivity contribution in [3.05, 3.63) is 47.4 Å². The van der Waals surface area contributed by atoms with Crippen LogP contribution in [0.4, 0.5) is 19.0 Å². The van der Waals surface area contributed by atoms with Crippen LogP contribution in [0.1, 0.15) is 41.4 Å². The molecular weight excluding hydrogens is 453 g/mol. The van der Waals surface area contributed by atoms with E-state index in [-0.39, 0.29) is 53.2 Å². The van der Waals surface area contributed by atoms with E-state index in [9.17, 15) is 23.1 Å². The van der Waals surface area contributed by atoms with E-state index in [1.165, 1.54) is 6.33 Å². The topological polar surface area (TPSA) is 116 Å². The molecule has 1 aliphatic carbocycles. The molecule has 0 bridgehead atoms. The number of aliphatic hydroxyl groups is 1. The summed E-state index contributed by atoms with van der Waals surface area (Å²) in [4.78, 5) is 23.0. The van der Waals surface area contributed by atoms with Gasteiger partial charge in [0.05, 0.1) is 36.2 Å². The second kappa shape index (κ2) is 8.84. The van der Waals surface area contributed by atoms with Crippen LogP contribution in [0.25, 0.3) is 11.0 Å². The number of halogens is 3. The second-order valence-electron chi connectivity index (χ2n) is 8.64. The molecule has 3 aromatic rings. The van der Waals surface area contributed by atoms with E-state index < -0.39 is 35.9 Å². The van der Waals surface area contributed by atoms with Crippen LogP contribution in [0, 0.1) is 11.6 Å². The van der Waals surface area contributed by atoms with Crippen LogP contribution in [0.15, 0.2) is 24.5 Å². The lowest BCUT2D eigenvalue weighted by atomic mass is 10.0. The van der Waals surface area contributed by atoms with Gasteiger partial charge >= 0.3 is 0 Å². The fraction of sp³-hybridized carbons (Fsp3) is 0.455. The molecule has 5 atom stereocenters. The van der Waals surface area contributed by atoms with E-state index in [0.717, 1.165) is 23.1 Å². The molecule has 1 amide bonds. The largest absolute Gasteiger partial charge is 0.391 e. The first kappa shape index (κ1) is 22.5. The number of amides is 1. The SMILES string of the molecule is CO[C@@H]1C[C@@H](O)[C@H](Nc2ncnc3n[nH]c(C(=O)N4C[C@@H](F)C[C@@H]4c4cc(F)ccc4F)c23)C1. The molecule has 2 aliphatic rings. The summed E-state index contributed by atoms with van der Waals surface area (Å²) in [6.45, 7) is -0.284. The number of carbonyl (C=O) groups excluding carboxylic acids is 1. The lowest BCUT2D eigenvalue weighted by molar-refractivity contribution is 0.0722. The number of aromatic nitrogens is 4. The Morgan fingerprint density at radius 3 is 2.85 bits per heavy atom. The predicted molar refractivity (Wildman–Crippen MR) is 115 cm³/mol. The third-order valence-electron chi connectivity index (χ3n) is 6.53. The van der Waals surface area contributed by atoms with Gasteiger partial charge in [-0.05, 0) is 24.6 Å². The van der Waals surface area contributed by atoms with Crippen LogP contribution in [0.5, 0.6) is 0 Å². The maximum absolute atomic E-state index is 14.5. The van der Waals surface area contributed by atoms with Crippen molar-refractivity contribution < 1.29 is 27.8 Å². The fourth-order valence-corrected chi connectivity index (χ4v) is 4.83. The van der Waals surface area contributed by atoms with Gasteiger partial charge in [0.15, 0.2) is 5.65 Å². The number of aliphatic hydroxyl groups excluding tert-OH is 1. The molecule has 2 fully saturated rings. The number of alkyl halides is 1. The molecule has 180 valence electrons. The van der Waals surface area contributed by atoms with Crippen molar-refractivity contribution in [2.45, 2.75) is 49.7 Å². The summed E-state index contributed by atoms with van der Waals surface area (Å²) in [7, 11) is 1.57. The number of anilines is 1. The molecule has 5 rings (SSSR count). The molecular formula is C22H23F3N6O3. The van der Waals surface area contributed by atoms with Crippen LogP contribution >= 0.6 is 0 Å². The Kier molecular flexibility index (Phi) is 5.86. The van der Waals surface area contributed by atoms with Crippen molar-refractivity contribution in [1.29, 1.82) is 0 Å². The number of hydrogen-bond donors (Lipinski definition) is 3. The van der Waals surface area contributed by atoms with E-state index >= 15 is 0 Å². The Morgan fingerprint density at radius 2 is 2.09 bits per heavy atom. The standard InChI is InChI=1S/C22H23F3N6O3/c1-34-12-6-15(17(32)7-12)28-20-18-19(29-30-21(18)27-9-26-20)22(33)31-8-11(24)5-16(31)13-4-10(23)2-3-14(13)25/h2-4,9,11-12,15-17,32H,5-8H2,1H3,(H2,26,27,28,29,30)/t11-,12-,15+,16+,17+/m0/s1. The van der Waals surface area contributed by atoms with Gasteiger partial charge in [-0.3, -0.25) is 9.89 Å². The minimum atomic E-state index is -1.40. The average molecular weight is 476 g/mol. The summed E-state index contributed by atoms with van der Waals surface area (Å²) in [5.41, 5.74) is 0.0949. The molecule has 3 N–H and O–H groups in total. The Balaban J connectivity index is 1.49. The summed E-state index contributed by atoms with van der Waals surface area (Å²) < 4.78 is 48.0. The predicted octanol–water partition coefficient (Wildman–Crippen LogP) is 2.51. The first-order valence-corrected chi connectivity index (χ1v) is 10.9. The molecule has 12 heteroatoms. The van der Waals surface area contributed by atoms with E-state index in [1.807, 2.05) is 0 Å². The first-order chi connectivity index (χ1) is 16.4. The number of nitrogens with one attached hydrogen (secondary N) is 2. The number of methoxy groups -OCH3 is 1. The van der Waals surface area contributed by atoms with Crippen LogP contribution in [-0.2, 0) is 4.74 Å². The summed E-state index contributed by atoms with van der Waals surface area (Å²) in [6.07, 6.45) is -0.123. The van der Waals surface area contributed by atoms with Crippen LogP contribution in [-0.4, -0.2) is 74.2 Å². The first-order valence-electron chi connectivity index (χ1n) is 10.9. The van der Waals surface area contributed by atoms with E-state index in [4.69, 9.17) is 4.74 Å². The van der Waals surface area contributed by atoms with Crippen molar-refractivity contribution in [1.82, 2.24) is 25.1 Å². The summed E-state index contributed by atoms with van der Waals surface area (Å²) in [5.74, 6) is -1.77. The minimum absolute atomic E-state index is 0.00945. The van der Waals surface area contributed by atoms with Crippen LogP contribution < -0.4 is 5.32 Å². The van der Waals surface area contributed by atoms with Gasteiger partial charge in [-0.15, -0.1) is 0 Å². The molecule has 1 aromatic carbocycles. The minimum Gasteiger partial charge on any atom is -0.391 e. The molecule has 2 aromatic heterocycles. The zero-order chi connectivity index (χ0) is 24.0. The molecule has 34 heavy (non-hydrogen) atoms. The number of likely N-dealkylation sites (tertiary alicyclic amines) is 1. The molecule has 1 saturated carbocycles. The number of H-pyrrole nitrogens is 1. The normalized spacial score (nSPS) is 27.0. The summed E-state index contributed by atoms with van der Waals surface area (Å²) in [5, 5.41) is 20.5. The number of ether oxygens (including phenoxy) is 1. The molecule has 0 unspecified atom stereocenters. The number of hydrogen-bond acceptors (Lipinski definition) is 7. The van der Waals surface area contributed by atoms with E-state index in [2.05, 4.69) is 25.5 Å². The van der Waals surface area contributed by atoms with Crippen LogP contribution in [0.2, 0.25) is 0 Å². The molecule has 3 heterocycles. The van der Waals surface area contributed by atoms with E-state index in [1.54, 1.807) is 7.11 Å². The highest BCUT2D eigenvalue weighted by Gasteiger charge is 2.40. The number of aromatic amines is 1. The third kappa shape index (κ3) is 3.96. The second-order valence-corrected chi connectivity index (χ2v) is 8.64. The highest BCUT2D eigenvalue weighted by Crippen LogP contribution is 2.37. The highest BCUT2D eigenvalue weighted by molar-refractivity contribution is 6.07. The van der Waals surface area contributed by atoms with Gasteiger partial charge in [0, 0.05) is 25.5 Å². The lowest BCUT2D eigenvalue weighted by Gasteiger charge is -2.25. The van der Waals surface area contributed by atoms with Gasteiger partial charge < -0.3 is 20.1 Å². The summed E-state index contributed by atoms with van der Waals surface area (Å²) in [6, 6.07) is 1.54. The molecule has 0 spiro atoms. The fourth-order valence-electron chi connectivity index (χ4n) is 4.83. The van der Waals surface area contributed by atoms with Crippen molar-refractivity contribution in [2.75, 3.05) is 19.0 Å². The maximum Gasteiger partial charge on any atom is 0.273 e. The number of fused-ring (bicyclic) bond motifs is 1. The molecule has 1 saturated heterocycles. The van der Waals surface area contributed by atoms with Crippen molar-refractivity contribution in [3.63, 3.8) is 0 Å². The number of nitrogens with zero attached hydrogens (tertiary/aromatic N) is 4. The third-order valence-corrected chi connectivity index (χ3v) is 6.53. The Bertz CT molecular complexity index is 1220. The van der Waals surface area contributed by atoms with Crippen molar-refractivity contribution in [2.24, 2.45) is 0 Å². The van der Waals surface area contributed by atoms with Crippen LogP contribution in [0.3, 0.4) is 0 Å². The number of carbonyl (C=O) groups is 1. The smallest absolute Gasteiger partial charge is 0.273 e. The Hall–Kier alpha value is -3.25. The molecule has 1 aliphatic heterocycles. The zero-order valence-electron chi connectivity index (χ0n) is 18.2. The zero-order valence-corrected chi connectivity index (χ0v) is 18.2. The number of benzene rings is 1. The van der Waals surface area contributed by atoms with Gasteiger partial charge in [0.1, 0.15) is 35.6 Å². The number of rotatable bonds is 5. The molecule has 9 nitrogen and oxygen atoms in total. The van der Waals surface area contributed by atoms with Gasteiger partial charge in [-0.2, -0.15) is 5.10 Å². The quantitative estimate of drug-likeness (QED) is 0.518. The van der Waals surface area contributed by atoms with Crippen molar-refractivity contribution in [3.8, 4) is 0 Å². The monoisotopic (exact) mass is 476 g/mol. The molecule has 0 radical (unpaired) electrons. The average Bonchev–Trinajstić information content (AvgIpc) is 3.52. The Morgan fingerprint density at radius 1 is 1.26 bits per heavy atom.